The Morgan fingerprint density at radius 2 is 1.90 bits per heavy atom. The van der Waals surface area contributed by atoms with Crippen molar-refractivity contribution in [2.24, 2.45) is 10.9 Å². The van der Waals surface area contributed by atoms with E-state index in [-0.39, 0.29) is 12.6 Å². The average molecular weight is 301 g/mol. The lowest BCUT2D eigenvalue weighted by Gasteiger charge is -2.21. The molecule has 1 rings (SSSR count). The van der Waals surface area contributed by atoms with Gasteiger partial charge in [0.15, 0.2) is 5.96 Å². The Balaban J connectivity index is 2.66. The molecule has 0 heterocycles. The first kappa shape index (κ1) is 17.3. The molecule has 0 radical (unpaired) electrons. The molecule has 1 aromatic rings. The summed E-state index contributed by atoms with van der Waals surface area (Å²) in [6.45, 7) is 6.48. The van der Waals surface area contributed by atoms with Crippen molar-refractivity contribution in [2.75, 3.05) is 7.05 Å². The van der Waals surface area contributed by atoms with Gasteiger partial charge in [-0.15, -0.1) is 0 Å². The lowest BCUT2D eigenvalue weighted by Crippen LogP contribution is -2.43. The molecule has 0 aliphatic rings. The fraction of sp³-hybridized carbons (Fsp3) is 0.533. The van der Waals surface area contributed by atoms with E-state index in [1.165, 1.54) is 6.07 Å². The number of halogens is 3. The van der Waals surface area contributed by atoms with E-state index < -0.39 is 11.7 Å². The molecular weight excluding hydrogens is 279 g/mol. The van der Waals surface area contributed by atoms with Crippen LogP contribution in [0, 0.1) is 5.92 Å². The molecule has 2 N–H and O–H groups in total. The summed E-state index contributed by atoms with van der Waals surface area (Å²) in [7, 11) is 1.63. The van der Waals surface area contributed by atoms with E-state index in [1.807, 2.05) is 6.92 Å². The minimum Gasteiger partial charge on any atom is -0.354 e. The highest BCUT2D eigenvalue weighted by Gasteiger charge is 2.30. The van der Waals surface area contributed by atoms with Gasteiger partial charge in [0.1, 0.15) is 0 Å². The van der Waals surface area contributed by atoms with Gasteiger partial charge in [0.25, 0.3) is 0 Å². The molecule has 1 atom stereocenters. The first-order valence-corrected chi connectivity index (χ1v) is 6.87. The number of nitrogens with one attached hydrogen (secondary N) is 2. The van der Waals surface area contributed by atoms with Crippen LogP contribution in [-0.4, -0.2) is 19.0 Å². The molecule has 0 amide bonds. The highest BCUT2D eigenvalue weighted by molar-refractivity contribution is 5.79. The van der Waals surface area contributed by atoms with Crippen molar-refractivity contribution < 1.29 is 13.2 Å². The Labute approximate surface area is 123 Å². The molecule has 0 aliphatic carbocycles. The molecule has 0 aliphatic heterocycles. The molecule has 0 spiro atoms. The molecule has 3 nitrogen and oxygen atoms in total. The fourth-order valence-corrected chi connectivity index (χ4v) is 1.62. The topological polar surface area (TPSA) is 36.4 Å². The van der Waals surface area contributed by atoms with Crippen molar-refractivity contribution in [1.29, 1.82) is 0 Å². The molecule has 0 fully saturated rings. The number of alkyl halides is 3. The number of benzene rings is 1. The van der Waals surface area contributed by atoms with Crippen molar-refractivity contribution in [3.05, 3.63) is 35.4 Å². The van der Waals surface area contributed by atoms with Gasteiger partial charge in [-0.25, -0.2) is 0 Å². The second kappa shape index (κ2) is 7.33. The Hall–Kier alpha value is -1.72. The van der Waals surface area contributed by atoms with Crippen LogP contribution >= 0.6 is 0 Å². The number of nitrogens with zero attached hydrogens (tertiary/aromatic N) is 1. The molecular formula is C15H22F3N3. The number of hydrogen-bond donors (Lipinski definition) is 2. The van der Waals surface area contributed by atoms with Gasteiger partial charge in [0.2, 0.25) is 0 Å². The highest BCUT2D eigenvalue weighted by Crippen LogP contribution is 2.29. The number of aliphatic imine (C=N–C) groups is 1. The van der Waals surface area contributed by atoms with Crippen molar-refractivity contribution in [1.82, 2.24) is 10.6 Å². The number of guanidine groups is 1. The predicted molar refractivity (Wildman–Crippen MR) is 79.1 cm³/mol. The van der Waals surface area contributed by atoms with Crippen LogP contribution in [-0.2, 0) is 12.7 Å². The highest BCUT2D eigenvalue weighted by atomic mass is 19.4. The van der Waals surface area contributed by atoms with Crippen LogP contribution in [0.25, 0.3) is 0 Å². The van der Waals surface area contributed by atoms with E-state index in [9.17, 15) is 13.2 Å². The maximum absolute atomic E-state index is 12.6. The first-order valence-electron chi connectivity index (χ1n) is 6.87. The van der Waals surface area contributed by atoms with Crippen LogP contribution in [0.4, 0.5) is 13.2 Å². The molecule has 118 valence electrons. The summed E-state index contributed by atoms with van der Waals surface area (Å²) < 4.78 is 37.9. The van der Waals surface area contributed by atoms with Crippen LogP contribution < -0.4 is 10.6 Å². The summed E-state index contributed by atoms with van der Waals surface area (Å²) in [6.07, 6.45) is -4.32. The monoisotopic (exact) mass is 301 g/mol. The van der Waals surface area contributed by atoms with Crippen molar-refractivity contribution >= 4 is 5.96 Å². The van der Waals surface area contributed by atoms with Gasteiger partial charge in [-0.05, 0) is 30.5 Å². The van der Waals surface area contributed by atoms with E-state index in [1.54, 1.807) is 13.1 Å². The minimum atomic E-state index is -4.32. The lowest BCUT2D eigenvalue weighted by molar-refractivity contribution is -0.137. The van der Waals surface area contributed by atoms with Crippen LogP contribution in [0.15, 0.2) is 29.3 Å². The molecule has 0 saturated heterocycles. The summed E-state index contributed by atoms with van der Waals surface area (Å²) >= 11 is 0. The van der Waals surface area contributed by atoms with Crippen molar-refractivity contribution in [3.8, 4) is 0 Å². The molecule has 6 heteroatoms. The fourth-order valence-electron chi connectivity index (χ4n) is 1.62. The molecule has 0 bridgehead atoms. The quantitative estimate of drug-likeness (QED) is 0.660. The van der Waals surface area contributed by atoms with Gasteiger partial charge < -0.3 is 10.6 Å². The predicted octanol–water partition coefficient (Wildman–Crippen LogP) is 3.41. The van der Waals surface area contributed by atoms with E-state index in [4.69, 9.17) is 0 Å². The number of hydrogen-bond acceptors (Lipinski definition) is 1. The number of rotatable bonds is 4. The molecule has 1 unspecified atom stereocenters. The SMILES string of the molecule is CN=C(NCc1cccc(C(F)(F)F)c1)NC(C)C(C)C. The third kappa shape index (κ3) is 5.65. The van der Waals surface area contributed by atoms with Gasteiger partial charge in [0.05, 0.1) is 5.56 Å². The lowest BCUT2D eigenvalue weighted by atomic mass is 10.1. The second-order valence-corrected chi connectivity index (χ2v) is 5.30. The zero-order valence-electron chi connectivity index (χ0n) is 12.8. The third-order valence-electron chi connectivity index (χ3n) is 3.30. The molecule has 21 heavy (non-hydrogen) atoms. The smallest absolute Gasteiger partial charge is 0.354 e. The largest absolute Gasteiger partial charge is 0.416 e. The normalized spacial score (nSPS) is 14.2. The third-order valence-corrected chi connectivity index (χ3v) is 3.30. The van der Waals surface area contributed by atoms with Gasteiger partial charge in [0, 0.05) is 19.6 Å². The van der Waals surface area contributed by atoms with Crippen molar-refractivity contribution in [3.63, 3.8) is 0 Å². The maximum atomic E-state index is 12.6. The van der Waals surface area contributed by atoms with Crippen LogP contribution in [0.5, 0.6) is 0 Å². The first-order chi connectivity index (χ1) is 9.74. The Morgan fingerprint density at radius 3 is 2.43 bits per heavy atom. The Bertz CT molecular complexity index is 481. The summed E-state index contributed by atoms with van der Waals surface area (Å²) in [6, 6.07) is 5.50. The molecule has 0 saturated carbocycles. The second-order valence-electron chi connectivity index (χ2n) is 5.30. The van der Waals surface area contributed by atoms with Crippen LogP contribution in [0.2, 0.25) is 0 Å². The Morgan fingerprint density at radius 1 is 1.24 bits per heavy atom. The molecule has 0 aromatic heterocycles. The summed E-state index contributed by atoms with van der Waals surface area (Å²) in [4.78, 5) is 4.07. The summed E-state index contributed by atoms with van der Waals surface area (Å²) in [5.74, 6) is 1.01. The van der Waals surface area contributed by atoms with E-state index in [0.717, 1.165) is 12.1 Å². The van der Waals surface area contributed by atoms with Gasteiger partial charge in [-0.1, -0.05) is 26.0 Å². The Kier molecular flexibility index (Phi) is 6.05. The zero-order valence-corrected chi connectivity index (χ0v) is 12.8. The zero-order chi connectivity index (χ0) is 16.0. The summed E-state index contributed by atoms with van der Waals surface area (Å²) in [5.41, 5.74) is -0.0785. The van der Waals surface area contributed by atoms with Crippen molar-refractivity contribution in [2.45, 2.75) is 39.5 Å². The standard InChI is InChI=1S/C15H22F3N3/c1-10(2)11(3)21-14(19-4)20-9-12-6-5-7-13(8-12)15(16,17)18/h5-8,10-11H,9H2,1-4H3,(H2,19,20,21). The maximum Gasteiger partial charge on any atom is 0.416 e. The van der Waals surface area contributed by atoms with Gasteiger partial charge in [-0.3, -0.25) is 4.99 Å². The average Bonchev–Trinajstić information content (AvgIpc) is 2.42. The van der Waals surface area contributed by atoms with E-state index >= 15 is 0 Å². The van der Waals surface area contributed by atoms with Crippen LogP contribution in [0.3, 0.4) is 0 Å². The summed E-state index contributed by atoms with van der Waals surface area (Å²) in [5, 5.41) is 6.22. The molecule has 1 aromatic carbocycles. The van der Waals surface area contributed by atoms with E-state index in [0.29, 0.717) is 17.4 Å². The van der Waals surface area contributed by atoms with Gasteiger partial charge >= 0.3 is 6.18 Å². The van der Waals surface area contributed by atoms with Crippen LogP contribution in [0.1, 0.15) is 31.9 Å². The van der Waals surface area contributed by atoms with E-state index in [2.05, 4.69) is 29.5 Å². The van der Waals surface area contributed by atoms with Gasteiger partial charge in [-0.2, -0.15) is 13.2 Å². The minimum absolute atomic E-state index is 0.220.